The first-order valence-corrected chi connectivity index (χ1v) is 13.5. The predicted molar refractivity (Wildman–Crippen MR) is 158 cm³/mol. The van der Waals surface area contributed by atoms with Crippen LogP contribution in [-0.4, -0.2) is 37.5 Å². The summed E-state index contributed by atoms with van der Waals surface area (Å²) in [6.45, 7) is 0.680. The molecule has 0 fully saturated rings. The fourth-order valence-electron chi connectivity index (χ4n) is 4.56. The molecule has 4 aromatic rings. The summed E-state index contributed by atoms with van der Waals surface area (Å²) in [6.07, 6.45) is 0.763. The van der Waals surface area contributed by atoms with Crippen molar-refractivity contribution in [3.05, 3.63) is 130 Å². The summed E-state index contributed by atoms with van der Waals surface area (Å²) in [7, 11) is 3.12. The Morgan fingerprint density at radius 2 is 1.40 bits per heavy atom. The minimum atomic E-state index is -0.833. The third-order valence-electron chi connectivity index (χ3n) is 6.62. The summed E-state index contributed by atoms with van der Waals surface area (Å²) in [5.74, 6) is 0.679. The molecule has 0 saturated heterocycles. The SMILES string of the molecule is COc1ccc(CC(=O)N(Cc2ccc(Cl)cc2)C(C(=O)NCCc2ccccc2)c2ccccc2)cc1OC. The van der Waals surface area contributed by atoms with Gasteiger partial charge in [0.15, 0.2) is 11.5 Å². The number of carbonyl (C=O) groups is 2. The van der Waals surface area contributed by atoms with Crippen LogP contribution >= 0.6 is 11.6 Å². The molecule has 40 heavy (non-hydrogen) atoms. The van der Waals surface area contributed by atoms with Crippen molar-refractivity contribution in [2.45, 2.75) is 25.4 Å². The molecular weight excluding hydrogens is 524 g/mol. The van der Waals surface area contributed by atoms with Crippen LogP contribution in [0.5, 0.6) is 11.5 Å². The van der Waals surface area contributed by atoms with E-state index in [9.17, 15) is 9.59 Å². The maximum atomic E-state index is 14.0. The number of benzene rings is 4. The molecule has 0 radical (unpaired) electrons. The first-order valence-electron chi connectivity index (χ1n) is 13.1. The number of amides is 2. The van der Waals surface area contributed by atoms with Crippen molar-refractivity contribution in [2.24, 2.45) is 0 Å². The molecule has 206 valence electrons. The third-order valence-corrected chi connectivity index (χ3v) is 6.87. The van der Waals surface area contributed by atoms with Crippen molar-refractivity contribution >= 4 is 23.4 Å². The number of halogens is 1. The van der Waals surface area contributed by atoms with Crippen LogP contribution < -0.4 is 14.8 Å². The second-order valence-electron chi connectivity index (χ2n) is 9.35. The maximum absolute atomic E-state index is 14.0. The van der Waals surface area contributed by atoms with Gasteiger partial charge in [-0.25, -0.2) is 0 Å². The summed E-state index contributed by atoms with van der Waals surface area (Å²) in [6, 6.07) is 31.2. The van der Waals surface area contributed by atoms with Gasteiger partial charge in [0.05, 0.1) is 20.6 Å². The molecule has 0 aliphatic carbocycles. The number of rotatable bonds is 12. The molecular formula is C33H33ClN2O4. The fraction of sp³-hybridized carbons (Fsp3) is 0.212. The van der Waals surface area contributed by atoms with Gasteiger partial charge >= 0.3 is 0 Å². The van der Waals surface area contributed by atoms with E-state index in [2.05, 4.69) is 5.32 Å². The number of hydrogen-bond donors (Lipinski definition) is 1. The lowest BCUT2D eigenvalue weighted by Gasteiger charge is -2.32. The van der Waals surface area contributed by atoms with Gasteiger partial charge in [0.1, 0.15) is 6.04 Å². The molecule has 2 amide bonds. The highest BCUT2D eigenvalue weighted by molar-refractivity contribution is 6.30. The van der Waals surface area contributed by atoms with Gasteiger partial charge in [-0.2, -0.15) is 0 Å². The van der Waals surface area contributed by atoms with Gasteiger partial charge in [-0.3, -0.25) is 9.59 Å². The summed E-state index contributed by atoms with van der Waals surface area (Å²) < 4.78 is 10.8. The monoisotopic (exact) mass is 556 g/mol. The second-order valence-corrected chi connectivity index (χ2v) is 9.79. The van der Waals surface area contributed by atoms with Gasteiger partial charge in [-0.15, -0.1) is 0 Å². The Balaban J connectivity index is 1.64. The van der Waals surface area contributed by atoms with Crippen LogP contribution in [0.2, 0.25) is 5.02 Å². The zero-order valence-electron chi connectivity index (χ0n) is 22.7. The normalized spacial score (nSPS) is 11.4. The molecule has 0 heterocycles. The van der Waals surface area contributed by atoms with Crippen LogP contribution in [-0.2, 0) is 29.0 Å². The van der Waals surface area contributed by atoms with Crippen LogP contribution in [0.15, 0.2) is 103 Å². The van der Waals surface area contributed by atoms with E-state index in [1.165, 1.54) is 0 Å². The molecule has 1 atom stereocenters. The Morgan fingerprint density at radius 3 is 2.05 bits per heavy atom. The number of hydrogen-bond acceptors (Lipinski definition) is 4. The van der Waals surface area contributed by atoms with E-state index in [-0.39, 0.29) is 24.8 Å². The molecule has 7 heteroatoms. The molecule has 0 aromatic heterocycles. The van der Waals surface area contributed by atoms with Crippen molar-refractivity contribution in [3.8, 4) is 11.5 Å². The van der Waals surface area contributed by atoms with Gasteiger partial charge in [0.25, 0.3) is 0 Å². The summed E-state index contributed by atoms with van der Waals surface area (Å²) >= 11 is 6.12. The van der Waals surface area contributed by atoms with Crippen LogP contribution in [0.25, 0.3) is 0 Å². The van der Waals surface area contributed by atoms with Gasteiger partial charge < -0.3 is 19.7 Å². The van der Waals surface area contributed by atoms with Gasteiger partial charge in [-0.05, 0) is 52.9 Å². The van der Waals surface area contributed by atoms with Crippen molar-refractivity contribution in [2.75, 3.05) is 20.8 Å². The number of carbonyl (C=O) groups excluding carboxylic acids is 2. The smallest absolute Gasteiger partial charge is 0.247 e. The zero-order valence-corrected chi connectivity index (χ0v) is 23.4. The molecule has 4 aromatic carbocycles. The van der Waals surface area contributed by atoms with Gasteiger partial charge in [-0.1, -0.05) is 90.5 Å². The Hall–Kier alpha value is -4.29. The Kier molecular flexibility index (Phi) is 10.2. The quantitative estimate of drug-likeness (QED) is 0.231. The highest BCUT2D eigenvalue weighted by Crippen LogP contribution is 2.29. The summed E-state index contributed by atoms with van der Waals surface area (Å²) in [5.41, 5.74) is 3.47. The standard InChI is InChI=1S/C33H33ClN2O4/c1-39-29-18-15-26(21-30(29)40-2)22-31(37)36(23-25-13-16-28(34)17-14-25)32(27-11-7-4-8-12-27)33(38)35-20-19-24-9-5-3-6-10-24/h3-18,21,32H,19-20,22-23H2,1-2H3,(H,35,38). The van der Waals surface area contributed by atoms with Crippen LogP contribution in [0.1, 0.15) is 28.3 Å². The van der Waals surface area contributed by atoms with Crippen molar-refractivity contribution in [1.82, 2.24) is 10.2 Å². The van der Waals surface area contributed by atoms with Gasteiger partial charge in [0.2, 0.25) is 11.8 Å². The average Bonchev–Trinajstić information content (AvgIpc) is 2.99. The minimum Gasteiger partial charge on any atom is -0.493 e. The lowest BCUT2D eigenvalue weighted by Crippen LogP contribution is -2.44. The van der Waals surface area contributed by atoms with Crippen LogP contribution in [0.3, 0.4) is 0 Å². The minimum absolute atomic E-state index is 0.0779. The van der Waals surface area contributed by atoms with Crippen molar-refractivity contribution in [3.63, 3.8) is 0 Å². The Bertz CT molecular complexity index is 1400. The predicted octanol–water partition coefficient (Wildman–Crippen LogP) is 6.03. The molecule has 0 aliphatic heterocycles. The molecule has 1 N–H and O–H groups in total. The third kappa shape index (κ3) is 7.64. The summed E-state index contributed by atoms with van der Waals surface area (Å²) in [4.78, 5) is 29.4. The van der Waals surface area contributed by atoms with Crippen molar-refractivity contribution < 1.29 is 19.1 Å². The maximum Gasteiger partial charge on any atom is 0.247 e. The first-order chi connectivity index (χ1) is 19.5. The van der Waals surface area contributed by atoms with E-state index in [4.69, 9.17) is 21.1 Å². The lowest BCUT2D eigenvalue weighted by molar-refractivity contribution is -0.141. The number of methoxy groups -OCH3 is 2. The van der Waals surface area contributed by atoms with E-state index in [1.54, 1.807) is 43.4 Å². The van der Waals surface area contributed by atoms with E-state index in [0.29, 0.717) is 29.5 Å². The Labute approximate surface area is 240 Å². The number of nitrogens with one attached hydrogen (secondary N) is 1. The van der Waals surface area contributed by atoms with Gasteiger partial charge in [0, 0.05) is 18.1 Å². The van der Waals surface area contributed by atoms with E-state index < -0.39 is 6.04 Å². The molecule has 0 aliphatic rings. The molecule has 4 rings (SSSR count). The van der Waals surface area contributed by atoms with Crippen LogP contribution in [0.4, 0.5) is 0 Å². The average molecular weight is 557 g/mol. The number of nitrogens with zero attached hydrogens (tertiary/aromatic N) is 1. The van der Waals surface area contributed by atoms with E-state index in [1.807, 2.05) is 78.9 Å². The zero-order chi connectivity index (χ0) is 28.3. The molecule has 0 saturated carbocycles. The van der Waals surface area contributed by atoms with Crippen LogP contribution in [0, 0.1) is 0 Å². The largest absolute Gasteiger partial charge is 0.493 e. The van der Waals surface area contributed by atoms with Crippen molar-refractivity contribution in [1.29, 1.82) is 0 Å². The molecule has 0 bridgehead atoms. The van der Waals surface area contributed by atoms with E-state index in [0.717, 1.165) is 22.3 Å². The fourth-order valence-corrected chi connectivity index (χ4v) is 4.68. The highest BCUT2D eigenvalue weighted by Gasteiger charge is 2.31. The molecule has 1 unspecified atom stereocenters. The number of ether oxygens (including phenoxy) is 2. The summed E-state index contributed by atoms with van der Waals surface area (Å²) in [5, 5.41) is 3.67. The Morgan fingerprint density at radius 1 is 0.775 bits per heavy atom. The second kappa shape index (κ2) is 14.2. The first kappa shape index (κ1) is 28.7. The topological polar surface area (TPSA) is 67.9 Å². The lowest BCUT2D eigenvalue weighted by atomic mass is 10.0. The molecule has 6 nitrogen and oxygen atoms in total. The van der Waals surface area contributed by atoms with E-state index >= 15 is 0 Å². The highest BCUT2D eigenvalue weighted by atomic mass is 35.5. The molecule has 0 spiro atoms.